The highest BCUT2D eigenvalue weighted by molar-refractivity contribution is 6.49. The summed E-state index contributed by atoms with van der Waals surface area (Å²) < 4.78 is 4.94. The molecule has 2 aromatic rings. The minimum atomic E-state index is -0.701. The van der Waals surface area contributed by atoms with E-state index in [0.29, 0.717) is 5.56 Å². The van der Waals surface area contributed by atoms with Crippen LogP contribution in [0.5, 0.6) is 5.75 Å². The van der Waals surface area contributed by atoms with Crippen LogP contribution in [0.1, 0.15) is 27.6 Å². The molecule has 0 fully saturated rings. The number of para-hydroxylation sites is 1. The molecule has 0 amide bonds. The lowest BCUT2D eigenvalue weighted by Gasteiger charge is -2.07. The van der Waals surface area contributed by atoms with E-state index in [0.717, 1.165) is 0 Å². The molecule has 0 saturated carbocycles. The van der Waals surface area contributed by atoms with Gasteiger partial charge in [0.1, 0.15) is 5.75 Å². The first-order valence-corrected chi connectivity index (χ1v) is 6.01. The minimum absolute atomic E-state index is 0.0801. The van der Waals surface area contributed by atoms with E-state index in [-0.39, 0.29) is 11.3 Å². The summed E-state index contributed by atoms with van der Waals surface area (Å²) in [4.78, 5) is 35.3. The van der Waals surface area contributed by atoms with Crippen molar-refractivity contribution in [2.24, 2.45) is 0 Å². The molecule has 4 heteroatoms. The van der Waals surface area contributed by atoms with Crippen LogP contribution in [-0.2, 0) is 4.79 Å². The molecule has 0 radical (unpaired) electrons. The lowest BCUT2D eigenvalue weighted by Crippen LogP contribution is -2.16. The SMILES string of the molecule is CC(=O)Oc1ccccc1C(=O)C(=O)c1ccccc1. The summed E-state index contributed by atoms with van der Waals surface area (Å²) in [6.07, 6.45) is 0. The van der Waals surface area contributed by atoms with Gasteiger partial charge in [-0.05, 0) is 12.1 Å². The molecule has 100 valence electrons. The second-order valence-corrected chi connectivity index (χ2v) is 4.11. The smallest absolute Gasteiger partial charge is 0.308 e. The Morgan fingerprint density at radius 3 is 2.05 bits per heavy atom. The van der Waals surface area contributed by atoms with Gasteiger partial charge in [-0.2, -0.15) is 0 Å². The van der Waals surface area contributed by atoms with Crippen molar-refractivity contribution >= 4 is 17.5 Å². The van der Waals surface area contributed by atoms with Crippen molar-refractivity contribution in [3.05, 3.63) is 65.7 Å². The largest absolute Gasteiger partial charge is 0.426 e. The highest BCUT2D eigenvalue weighted by Gasteiger charge is 2.21. The molecule has 0 heterocycles. The van der Waals surface area contributed by atoms with Gasteiger partial charge in [-0.15, -0.1) is 0 Å². The Bertz CT molecular complexity index is 659. The van der Waals surface area contributed by atoms with E-state index in [2.05, 4.69) is 0 Å². The highest BCUT2D eigenvalue weighted by Crippen LogP contribution is 2.20. The summed E-state index contributed by atoms with van der Waals surface area (Å²) in [6.45, 7) is 1.24. The van der Waals surface area contributed by atoms with Crippen LogP contribution in [0.15, 0.2) is 54.6 Å². The standard InChI is InChI=1S/C16H12O4/c1-11(17)20-14-10-6-5-9-13(14)16(19)15(18)12-7-3-2-4-8-12/h2-10H,1H3. The number of hydrogen-bond donors (Lipinski definition) is 0. The summed E-state index contributed by atoms with van der Waals surface area (Å²) in [6, 6.07) is 14.4. The number of benzene rings is 2. The van der Waals surface area contributed by atoms with Gasteiger partial charge in [0.15, 0.2) is 0 Å². The third-order valence-corrected chi connectivity index (χ3v) is 2.63. The normalized spacial score (nSPS) is 9.85. The molecule has 2 rings (SSSR count). The lowest BCUT2D eigenvalue weighted by atomic mass is 10.0. The van der Waals surface area contributed by atoms with Crippen LogP contribution in [-0.4, -0.2) is 17.5 Å². The molecule has 0 atom stereocenters. The third kappa shape index (κ3) is 2.98. The molecule has 2 aromatic carbocycles. The Balaban J connectivity index is 2.34. The fraction of sp³-hybridized carbons (Fsp3) is 0.0625. The zero-order valence-electron chi connectivity index (χ0n) is 10.8. The van der Waals surface area contributed by atoms with E-state index in [1.54, 1.807) is 42.5 Å². The summed E-state index contributed by atoms with van der Waals surface area (Å²) in [5.74, 6) is -1.79. The Labute approximate surface area is 116 Å². The van der Waals surface area contributed by atoms with E-state index in [1.807, 2.05) is 0 Å². The Kier molecular flexibility index (Phi) is 4.05. The molecular weight excluding hydrogens is 256 g/mol. The first-order chi connectivity index (χ1) is 9.59. The van der Waals surface area contributed by atoms with Crippen LogP contribution in [0.2, 0.25) is 0 Å². The zero-order valence-corrected chi connectivity index (χ0v) is 10.8. The van der Waals surface area contributed by atoms with Gasteiger partial charge in [-0.3, -0.25) is 14.4 Å². The van der Waals surface area contributed by atoms with Gasteiger partial charge in [0.05, 0.1) is 5.56 Å². The summed E-state index contributed by atoms with van der Waals surface area (Å²) in [7, 11) is 0. The number of esters is 1. The van der Waals surface area contributed by atoms with Gasteiger partial charge in [-0.1, -0.05) is 42.5 Å². The second kappa shape index (κ2) is 5.93. The number of ketones is 2. The highest BCUT2D eigenvalue weighted by atomic mass is 16.5. The molecule has 20 heavy (non-hydrogen) atoms. The van der Waals surface area contributed by atoms with Crippen LogP contribution in [0.25, 0.3) is 0 Å². The maximum absolute atomic E-state index is 12.2. The average molecular weight is 268 g/mol. The van der Waals surface area contributed by atoms with Crippen LogP contribution in [0.3, 0.4) is 0 Å². The molecule has 0 bridgehead atoms. The van der Waals surface area contributed by atoms with Gasteiger partial charge in [-0.25, -0.2) is 0 Å². The lowest BCUT2D eigenvalue weighted by molar-refractivity contribution is -0.131. The predicted molar refractivity (Wildman–Crippen MR) is 72.9 cm³/mol. The molecule has 4 nitrogen and oxygen atoms in total. The summed E-state index contributed by atoms with van der Waals surface area (Å²) in [5, 5.41) is 0. The van der Waals surface area contributed by atoms with E-state index in [4.69, 9.17) is 4.74 Å². The molecule has 0 spiro atoms. The number of carbonyl (C=O) groups is 3. The van der Waals surface area contributed by atoms with E-state index in [9.17, 15) is 14.4 Å². The predicted octanol–water partition coefficient (Wildman–Crippen LogP) is 2.68. The van der Waals surface area contributed by atoms with E-state index < -0.39 is 17.5 Å². The fourth-order valence-corrected chi connectivity index (χ4v) is 1.74. The van der Waals surface area contributed by atoms with Crippen molar-refractivity contribution in [1.29, 1.82) is 0 Å². The van der Waals surface area contributed by atoms with Crippen LogP contribution < -0.4 is 4.74 Å². The Morgan fingerprint density at radius 2 is 1.40 bits per heavy atom. The maximum atomic E-state index is 12.2. The van der Waals surface area contributed by atoms with Crippen LogP contribution in [0, 0.1) is 0 Å². The minimum Gasteiger partial charge on any atom is -0.426 e. The molecule has 0 N–H and O–H groups in total. The van der Waals surface area contributed by atoms with Gasteiger partial charge in [0, 0.05) is 12.5 Å². The third-order valence-electron chi connectivity index (χ3n) is 2.63. The first kappa shape index (κ1) is 13.7. The van der Waals surface area contributed by atoms with E-state index >= 15 is 0 Å². The molecule has 0 aliphatic carbocycles. The van der Waals surface area contributed by atoms with Crippen molar-refractivity contribution in [2.45, 2.75) is 6.92 Å². The van der Waals surface area contributed by atoms with Crippen molar-refractivity contribution in [2.75, 3.05) is 0 Å². The number of hydrogen-bond acceptors (Lipinski definition) is 4. The molecule has 0 aliphatic rings. The fourth-order valence-electron chi connectivity index (χ4n) is 1.74. The van der Waals surface area contributed by atoms with Gasteiger partial charge in [0.2, 0.25) is 11.6 Å². The molecule has 0 aromatic heterocycles. The van der Waals surface area contributed by atoms with Gasteiger partial charge in [0.25, 0.3) is 0 Å². The topological polar surface area (TPSA) is 60.4 Å². The maximum Gasteiger partial charge on any atom is 0.308 e. The first-order valence-electron chi connectivity index (χ1n) is 6.01. The Hall–Kier alpha value is -2.75. The molecule has 0 saturated heterocycles. The molecular formula is C16H12O4. The van der Waals surface area contributed by atoms with E-state index in [1.165, 1.54) is 19.1 Å². The van der Waals surface area contributed by atoms with Crippen LogP contribution in [0.4, 0.5) is 0 Å². The number of rotatable bonds is 4. The summed E-state index contributed by atoms with van der Waals surface area (Å²) in [5.41, 5.74) is 0.381. The van der Waals surface area contributed by atoms with Crippen LogP contribution >= 0.6 is 0 Å². The Morgan fingerprint density at radius 1 is 0.800 bits per heavy atom. The van der Waals surface area contributed by atoms with Crippen molar-refractivity contribution in [3.8, 4) is 5.75 Å². The second-order valence-electron chi connectivity index (χ2n) is 4.11. The van der Waals surface area contributed by atoms with Crippen molar-refractivity contribution in [3.63, 3.8) is 0 Å². The molecule has 0 unspecified atom stereocenters. The van der Waals surface area contributed by atoms with Crippen molar-refractivity contribution in [1.82, 2.24) is 0 Å². The zero-order chi connectivity index (χ0) is 14.5. The van der Waals surface area contributed by atoms with Gasteiger partial charge >= 0.3 is 5.97 Å². The number of Topliss-reactive ketones (excluding diaryl/α,β-unsaturated/α-hetero) is 2. The average Bonchev–Trinajstić information content (AvgIpc) is 2.46. The monoisotopic (exact) mass is 268 g/mol. The number of carbonyl (C=O) groups excluding carboxylic acids is 3. The van der Waals surface area contributed by atoms with Gasteiger partial charge < -0.3 is 4.74 Å². The van der Waals surface area contributed by atoms with Crippen molar-refractivity contribution < 1.29 is 19.1 Å². The summed E-state index contributed by atoms with van der Waals surface area (Å²) >= 11 is 0. The molecule has 0 aliphatic heterocycles. The number of ether oxygens (including phenoxy) is 1. The quantitative estimate of drug-likeness (QED) is 0.370.